The Kier molecular flexibility index (Phi) is 5.95. The lowest BCUT2D eigenvalue weighted by Crippen LogP contribution is -2.44. The molecule has 0 aliphatic carbocycles. The number of β-amino-alcohol motifs (C(OH)–C–C–N with tert-alkyl or cyclic N) is 1. The molecule has 0 amide bonds. The van der Waals surface area contributed by atoms with E-state index >= 15 is 0 Å². The van der Waals surface area contributed by atoms with E-state index in [4.69, 9.17) is 4.74 Å². The fraction of sp³-hybridized carbons (Fsp3) is 0.917. The van der Waals surface area contributed by atoms with Crippen LogP contribution in [0, 0.1) is 5.92 Å². The first kappa shape index (κ1) is 13.6. The number of piperidine rings is 1. The van der Waals surface area contributed by atoms with Gasteiger partial charge in [-0.3, -0.25) is 9.69 Å². The van der Waals surface area contributed by atoms with Gasteiger partial charge in [-0.15, -0.1) is 0 Å². The minimum absolute atomic E-state index is 0.160. The van der Waals surface area contributed by atoms with E-state index in [0.717, 1.165) is 19.5 Å². The number of ether oxygens (including phenoxy) is 1. The molecule has 1 aliphatic heterocycles. The summed E-state index contributed by atoms with van der Waals surface area (Å²) in [6, 6.07) is 0. The first-order chi connectivity index (χ1) is 7.67. The highest BCUT2D eigenvalue weighted by Crippen LogP contribution is 2.16. The number of hydrogen-bond donors (Lipinski definition) is 1. The molecule has 0 spiro atoms. The van der Waals surface area contributed by atoms with Crippen LogP contribution in [0.4, 0.5) is 0 Å². The topological polar surface area (TPSA) is 49.8 Å². The van der Waals surface area contributed by atoms with Crippen LogP contribution in [-0.2, 0) is 9.53 Å². The highest BCUT2D eigenvalue weighted by Gasteiger charge is 2.26. The number of aliphatic hydroxyl groups excluding tert-OH is 1. The summed E-state index contributed by atoms with van der Waals surface area (Å²) in [6.45, 7) is 7.16. The van der Waals surface area contributed by atoms with Crippen LogP contribution in [0.2, 0.25) is 0 Å². The summed E-state index contributed by atoms with van der Waals surface area (Å²) in [6.07, 6.45) is 1.09. The first-order valence-corrected chi connectivity index (χ1v) is 6.18. The van der Waals surface area contributed by atoms with Gasteiger partial charge in [0.15, 0.2) is 0 Å². The number of carbonyl (C=O) groups excluding carboxylic acids is 1. The number of likely N-dealkylation sites (tertiary alicyclic amines) is 1. The third-order valence-corrected chi connectivity index (χ3v) is 3.08. The molecule has 2 unspecified atom stereocenters. The third-order valence-electron chi connectivity index (χ3n) is 3.08. The molecule has 4 heteroatoms. The molecule has 16 heavy (non-hydrogen) atoms. The Morgan fingerprint density at radius 3 is 2.94 bits per heavy atom. The molecule has 0 saturated carbocycles. The molecular weight excluding hydrogens is 206 g/mol. The Bertz CT molecular complexity index is 220. The lowest BCUT2D eigenvalue weighted by atomic mass is 9.94. The number of nitrogens with zero attached hydrogens (tertiary/aromatic N) is 1. The Labute approximate surface area is 97.6 Å². The van der Waals surface area contributed by atoms with Crippen molar-refractivity contribution in [2.75, 3.05) is 32.8 Å². The number of carbonyl (C=O) groups is 1. The Hall–Kier alpha value is -0.450. The summed E-state index contributed by atoms with van der Waals surface area (Å²) in [7, 11) is 0. The van der Waals surface area contributed by atoms with Gasteiger partial charge in [-0.1, -0.05) is 6.92 Å². The van der Waals surface area contributed by atoms with Crippen molar-refractivity contribution in [1.29, 1.82) is 0 Å². The average molecular weight is 229 g/mol. The smallest absolute Gasteiger partial charge is 0.138 e. The zero-order chi connectivity index (χ0) is 12.0. The van der Waals surface area contributed by atoms with Crippen LogP contribution in [0.1, 0.15) is 26.7 Å². The second-order valence-electron chi connectivity index (χ2n) is 4.39. The summed E-state index contributed by atoms with van der Waals surface area (Å²) < 4.78 is 5.17. The molecule has 1 N–H and O–H groups in total. The third kappa shape index (κ3) is 4.20. The highest BCUT2D eigenvalue weighted by molar-refractivity contribution is 5.82. The van der Waals surface area contributed by atoms with Gasteiger partial charge in [-0.05, 0) is 13.3 Å². The molecule has 94 valence electrons. The molecule has 1 fully saturated rings. The number of ketones is 1. The van der Waals surface area contributed by atoms with Crippen LogP contribution < -0.4 is 0 Å². The van der Waals surface area contributed by atoms with Crippen molar-refractivity contribution in [3.8, 4) is 0 Å². The van der Waals surface area contributed by atoms with Crippen LogP contribution in [0.15, 0.2) is 0 Å². The van der Waals surface area contributed by atoms with Crippen LogP contribution in [0.3, 0.4) is 0 Å². The molecule has 1 saturated heterocycles. The molecule has 0 bridgehead atoms. The molecule has 1 heterocycles. The van der Waals surface area contributed by atoms with Gasteiger partial charge in [-0.25, -0.2) is 0 Å². The molecular formula is C12H23NO3. The van der Waals surface area contributed by atoms with E-state index in [1.54, 1.807) is 0 Å². The van der Waals surface area contributed by atoms with Gasteiger partial charge in [0.1, 0.15) is 5.78 Å². The second-order valence-corrected chi connectivity index (χ2v) is 4.39. The number of hydrogen-bond acceptors (Lipinski definition) is 4. The standard InChI is InChI=1S/C12H23NO3/c1-3-10-7-13(6-5-12(10)15)8-11(14)9-16-4-2/h10-11,14H,3-9H2,1-2H3. The Balaban J connectivity index is 2.29. The average Bonchev–Trinajstić information content (AvgIpc) is 2.29. The fourth-order valence-electron chi connectivity index (χ4n) is 2.10. The maximum absolute atomic E-state index is 11.5. The minimum Gasteiger partial charge on any atom is -0.389 e. The molecule has 1 aliphatic rings. The fourth-order valence-corrected chi connectivity index (χ4v) is 2.10. The quantitative estimate of drug-likeness (QED) is 0.728. The van der Waals surface area contributed by atoms with Crippen LogP contribution >= 0.6 is 0 Å². The molecule has 0 radical (unpaired) electrons. The Morgan fingerprint density at radius 2 is 2.31 bits per heavy atom. The van der Waals surface area contributed by atoms with E-state index in [2.05, 4.69) is 4.90 Å². The van der Waals surface area contributed by atoms with Gasteiger partial charge < -0.3 is 9.84 Å². The van der Waals surface area contributed by atoms with Crippen molar-refractivity contribution in [2.45, 2.75) is 32.8 Å². The molecule has 4 nitrogen and oxygen atoms in total. The monoisotopic (exact) mass is 229 g/mol. The molecule has 0 aromatic carbocycles. The first-order valence-electron chi connectivity index (χ1n) is 6.18. The van der Waals surface area contributed by atoms with Gasteiger partial charge >= 0.3 is 0 Å². The summed E-state index contributed by atoms with van der Waals surface area (Å²) in [5.74, 6) is 0.533. The molecule has 1 rings (SSSR count). The molecule has 0 aromatic heterocycles. The van der Waals surface area contributed by atoms with Crippen molar-refractivity contribution in [3.05, 3.63) is 0 Å². The lowest BCUT2D eigenvalue weighted by Gasteiger charge is -2.32. The maximum atomic E-state index is 11.5. The van der Waals surface area contributed by atoms with Crippen LogP contribution in [0.25, 0.3) is 0 Å². The molecule has 2 atom stereocenters. The normalized spacial score (nSPS) is 24.7. The molecule has 0 aromatic rings. The minimum atomic E-state index is -0.439. The van der Waals surface area contributed by atoms with Crippen LogP contribution in [0.5, 0.6) is 0 Å². The van der Waals surface area contributed by atoms with E-state index in [9.17, 15) is 9.90 Å². The van der Waals surface area contributed by atoms with Crippen molar-refractivity contribution in [3.63, 3.8) is 0 Å². The largest absolute Gasteiger partial charge is 0.389 e. The van der Waals surface area contributed by atoms with Crippen molar-refractivity contribution < 1.29 is 14.6 Å². The van der Waals surface area contributed by atoms with E-state index in [-0.39, 0.29) is 5.92 Å². The number of Topliss-reactive ketones (excluding diaryl/α,β-unsaturated/α-hetero) is 1. The van der Waals surface area contributed by atoms with Crippen molar-refractivity contribution in [1.82, 2.24) is 4.90 Å². The van der Waals surface area contributed by atoms with Gasteiger partial charge in [-0.2, -0.15) is 0 Å². The summed E-state index contributed by atoms with van der Waals surface area (Å²) >= 11 is 0. The summed E-state index contributed by atoms with van der Waals surface area (Å²) in [5.41, 5.74) is 0. The Morgan fingerprint density at radius 1 is 1.56 bits per heavy atom. The van der Waals surface area contributed by atoms with E-state index in [0.29, 0.717) is 32.0 Å². The van der Waals surface area contributed by atoms with Crippen molar-refractivity contribution in [2.24, 2.45) is 5.92 Å². The maximum Gasteiger partial charge on any atom is 0.138 e. The van der Waals surface area contributed by atoms with E-state index in [1.807, 2.05) is 13.8 Å². The number of aliphatic hydroxyl groups is 1. The second kappa shape index (κ2) is 6.99. The van der Waals surface area contributed by atoms with Gasteiger partial charge in [0, 0.05) is 38.6 Å². The number of rotatable bonds is 6. The zero-order valence-corrected chi connectivity index (χ0v) is 10.3. The predicted octanol–water partition coefficient (Wildman–Crippen LogP) is 0.685. The SMILES string of the molecule is CCOCC(O)CN1CCC(=O)C(CC)C1. The van der Waals surface area contributed by atoms with Gasteiger partial charge in [0.25, 0.3) is 0 Å². The van der Waals surface area contributed by atoms with Crippen LogP contribution in [-0.4, -0.2) is 54.7 Å². The highest BCUT2D eigenvalue weighted by atomic mass is 16.5. The summed E-state index contributed by atoms with van der Waals surface area (Å²) in [5, 5.41) is 9.71. The van der Waals surface area contributed by atoms with Gasteiger partial charge in [0.05, 0.1) is 12.7 Å². The van der Waals surface area contributed by atoms with Crippen molar-refractivity contribution >= 4 is 5.78 Å². The predicted molar refractivity (Wildman–Crippen MR) is 62.3 cm³/mol. The van der Waals surface area contributed by atoms with E-state index < -0.39 is 6.10 Å². The van der Waals surface area contributed by atoms with Gasteiger partial charge in [0.2, 0.25) is 0 Å². The van der Waals surface area contributed by atoms with E-state index in [1.165, 1.54) is 0 Å². The zero-order valence-electron chi connectivity index (χ0n) is 10.3. The summed E-state index contributed by atoms with van der Waals surface area (Å²) in [4.78, 5) is 13.7. The lowest BCUT2D eigenvalue weighted by molar-refractivity contribution is -0.126.